The first-order valence-corrected chi connectivity index (χ1v) is 10.5. The average Bonchev–Trinajstić information content (AvgIpc) is 2.80. The van der Waals surface area contributed by atoms with Crippen LogP contribution >= 0.6 is 0 Å². The smallest absolute Gasteiger partial charge is 0.246 e. The Morgan fingerprint density at radius 1 is 0.879 bits per heavy atom. The number of carbonyl (C=O) groups is 3. The molecule has 0 saturated carbocycles. The Morgan fingerprint density at radius 3 is 2.21 bits per heavy atom. The molecular weight excluding hydrogens is 418 g/mol. The normalized spacial score (nSPS) is 11.5. The molecule has 33 heavy (non-hydrogen) atoms. The fraction of sp³-hybridized carbons (Fsp3) is 0.192. The van der Waals surface area contributed by atoms with Crippen molar-refractivity contribution in [2.75, 3.05) is 31.3 Å². The Bertz CT molecular complexity index is 1130. The number of hydrogen-bond donors (Lipinski definition) is 2. The predicted molar refractivity (Wildman–Crippen MR) is 129 cm³/mol. The summed E-state index contributed by atoms with van der Waals surface area (Å²) < 4.78 is 5.19. The summed E-state index contributed by atoms with van der Waals surface area (Å²) in [7, 11) is 3.28. The number of nitrogens with one attached hydrogen (secondary N) is 2. The van der Waals surface area contributed by atoms with Gasteiger partial charge in [0.25, 0.3) is 0 Å². The Balaban J connectivity index is 1.77. The van der Waals surface area contributed by atoms with Gasteiger partial charge < -0.3 is 15.4 Å². The largest absolute Gasteiger partial charge is 0.497 e. The van der Waals surface area contributed by atoms with Gasteiger partial charge in [-0.05, 0) is 43.8 Å². The van der Waals surface area contributed by atoms with Gasteiger partial charge in [0.2, 0.25) is 11.8 Å². The summed E-state index contributed by atoms with van der Waals surface area (Å²) in [5.41, 5.74) is 2.38. The quantitative estimate of drug-likeness (QED) is 0.483. The van der Waals surface area contributed by atoms with Crippen LogP contribution in [0.15, 0.2) is 78.9 Å². The number of benzene rings is 3. The number of nitrogens with zero attached hydrogens (tertiary/aromatic N) is 1. The molecule has 0 aliphatic heterocycles. The SMILES string of the molecule is COc1cccc(NC(=O)CN(C)C(C(=O)Nc2cccc(C(C)=O)c2)c2ccccc2)c1. The van der Waals surface area contributed by atoms with Crippen LogP contribution in [0.25, 0.3) is 0 Å². The van der Waals surface area contributed by atoms with Gasteiger partial charge >= 0.3 is 0 Å². The maximum absolute atomic E-state index is 13.3. The molecule has 0 saturated heterocycles. The van der Waals surface area contributed by atoms with Crippen molar-refractivity contribution in [3.63, 3.8) is 0 Å². The number of anilines is 2. The molecule has 0 bridgehead atoms. The molecule has 170 valence electrons. The molecule has 3 rings (SSSR count). The van der Waals surface area contributed by atoms with Crippen molar-refractivity contribution in [3.8, 4) is 5.75 Å². The van der Waals surface area contributed by atoms with Crippen molar-refractivity contribution >= 4 is 29.0 Å². The van der Waals surface area contributed by atoms with E-state index in [2.05, 4.69) is 10.6 Å². The molecule has 3 aromatic rings. The number of ether oxygens (including phenoxy) is 1. The van der Waals surface area contributed by atoms with E-state index in [1.165, 1.54) is 6.92 Å². The third-order valence-corrected chi connectivity index (χ3v) is 5.09. The van der Waals surface area contributed by atoms with Crippen LogP contribution in [-0.4, -0.2) is 43.2 Å². The third kappa shape index (κ3) is 6.51. The van der Waals surface area contributed by atoms with E-state index in [0.29, 0.717) is 22.7 Å². The van der Waals surface area contributed by atoms with Gasteiger partial charge in [-0.25, -0.2) is 0 Å². The molecular formula is C26H27N3O4. The fourth-order valence-electron chi connectivity index (χ4n) is 3.49. The topological polar surface area (TPSA) is 87.7 Å². The van der Waals surface area contributed by atoms with E-state index in [-0.39, 0.29) is 24.1 Å². The molecule has 0 spiro atoms. The average molecular weight is 446 g/mol. The van der Waals surface area contributed by atoms with E-state index in [9.17, 15) is 14.4 Å². The molecule has 7 nitrogen and oxygen atoms in total. The molecule has 0 heterocycles. The van der Waals surface area contributed by atoms with E-state index in [1.807, 2.05) is 30.3 Å². The van der Waals surface area contributed by atoms with Gasteiger partial charge in [0.05, 0.1) is 13.7 Å². The lowest BCUT2D eigenvalue weighted by atomic mass is 10.0. The Kier molecular flexibility index (Phi) is 7.94. The van der Waals surface area contributed by atoms with E-state index in [0.717, 1.165) is 5.56 Å². The summed E-state index contributed by atoms with van der Waals surface area (Å²) in [6.07, 6.45) is 0. The zero-order chi connectivity index (χ0) is 23.8. The summed E-state index contributed by atoms with van der Waals surface area (Å²) in [6.45, 7) is 1.46. The highest BCUT2D eigenvalue weighted by Gasteiger charge is 2.27. The molecule has 1 atom stereocenters. The molecule has 7 heteroatoms. The Labute approximate surface area is 193 Å². The summed E-state index contributed by atoms with van der Waals surface area (Å²) in [5.74, 6) is -0.0239. The van der Waals surface area contributed by atoms with Crippen LogP contribution in [-0.2, 0) is 9.59 Å². The first kappa shape index (κ1) is 23.7. The summed E-state index contributed by atoms with van der Waals surface area (Å²) >= 11 is 0. The third-order valence-electron chi connectivity index (χ3n) is 5.09. The standard InChI is InChI=1S/C26H27N3O4/c1-18(30)20-11-7-12-21(15-20)28-26(32)25(19-9-5-4-6-10-19)29(2)17-24(31)27-22-13-8-14-23(16-22)33-3/h4-16,25H,17H2,1-3H3,(H,27,31)(H,28,32). The van der Waals surface area contributed by atoms with Crippen LogP contribution in [0.2, 0.25) is 0 Å². The number of ketones is 1. The van der Waals surface area contributed by atoms with Gasteiger partial charge in [-0.3, -0.25) is 19.3 Å². The number of hydrogen-bond acceptors (Lipinski definition) is 5. The monoisotopic (exact) mass is 445 g/mol. The minimum Gasteiger partial charge on any atom is -0.497 e. The molecule has 0 aliphatic carbocycles. The van der Waals surface area contributed by atoms with E-state index >= 15 is 0 Å². The van der Waals surface area contributed by atoms with Gasteiger partial charge in [-0.2, -0.15) is 0 Å². The van der Waals surface area contributed by atoms with Crippen molar-refractivity contribution in [1.29, 1.82) is 0 Å². The molecule has 0 fully saturated rings. The molecule has 0 aromatic heterocycles. The number of likely N-dealkylation sites (N-methyl/N-ethyl adjacent to an activating group) is 1. The number of rotatable bonds is 9. The molecule has 0 radical (unpaired) electrons. The fourth-order valence-corrected chi connectivity index (χ4v) is 3.49. The lowest BCUT2D eigenvalue weighted by Crippen LogP contribution is -2.39. The van der Waals surface area contributed by atoms with Crippen molar-refractivity contribution in [3.05, 3.63) is 90.0 Å². The van der Waals surface area contributed by atoms with Crippen LogP contribution in [0.1, 0.15) is 28.9 Å². The predicted octanol–water partition coefficient (Wildman–Crippen LogP) is 4.15. The minimum atomic E-state index is -0.719. The van der Waals surface area contributed by atoms with Crippen LogP contribution in [0, 0.1) is 0 Å². The zero-order valence-electron chi connectivity index (χ0n) is 18.9. The lowest BCUT2D eigenvalue weighted by Gasteiger charge is -2.27. The van der Waals surface area contributed by atoms with Crippen molar-refractivity contribution < 1.29 is 19.1 Å². The van der Waals surface area contributed by atoms with Crippen LogP contribution in [0.4, 0.5) is 11.4 Å². The van der Waals surface area contributed by atoms with Crippen LogP contribution in [0.5, 0.6) is 5.75 Å². The highest BCUT2D eigenvalue weighted by atomic mass is 16.5. The van der Waals surface area contributed by atoms with Gasteiger partial charge in [0.1, 0.15) is 11.8 Å². The minimum absolute atomic E-state index is 0.0162. The number of Topliss-reactive ketones (excluding diaryl/α,β-unsaturated/α-hetero) is 1. The summed E-state index contributed by atoms with van der Waals surface area (Å²) in [5, 5.41) is 5.71. The van der Waals surface area contributed by atoms with Gasteiger partial charge in [-0.1, -0.05) is 48.5 Å². The number of methoxy groups -OCH3 is 1. The lowest BCUT2D eigenvalue weighted by molar-refractivity contribution is -0.123. The van der Waals surface area contributed by atoms with Crippen molar-refractivity contribution in [1.82, 2.24) is 4.90 Å². The summed E-state index contributed by atoms with van der Waals surface area (Å²) in [6, 6.07) is 22.4. The first-order chi connectivity index (χ1) is 15.9. The second-order valence-electron chi connectivity index (χ2n) is 7.63. The highest BCUT2D eigenvalue weighted by Crippen LogP contribution is 2.23. The molecule has 2 N–H and O–H groups in total. The van der Waals surface area contributed by atoms with Gasteiger partial charge in [0, 0.05) is 23.0 Å². The van der Waals surface area contributed by atoms with Gasteiger partial charge in [-0.15, -0.1) is 0 Å². The zero-order valence-corrected chi connectivity index (χ0v) is 18.9. The molecule has 1 unspecified atom stereocenters. The van der Waals surface area contributed by atoms with E-state index < -0.39 is 6.04 Å². The highest BCUT2D eigenvalue weighted by molar-refractivity contribution is 5.99. The maximum Gasteiger partial charge on any atom is 0.246 e. The van der Waals surface area contributed by atoms with Gasteiger partial charge in [0.15, 0.2) is 5.78 Å². The molecule has 2 amide bonds. The van der Waals surface area contributed by atoms with E-state index in [1.54, 1.807) is 67.6 Å². The number of carbonyl (C=O) groups excluding carboxylic acids is 3. The van der Waals surface area contributed by atoms with Crippen molar-refractivity contribution in [2.24, 2.45) is 0 Å². The Hall–Kier alpha value is -3.97. The molecule has 3 aromatic carbocycles. The van der Waals surface area contributed by atoms with Crippen LogP contribution in [0.3, 0.4) is 0 Å². The van der Waals surface area contributed by atoms with Crippen molar-refractivity contribution in [2.45, 2.75) is 13.0 Å². The maximum atomic E-state index is 13.3. The second kappa shape index (κ2) is 11.1. The second-order valence-corrected chi connectivity index (χ2v) is 7.63. The summed E-state index contributed by atoms with van der Waals surface area (Å²) in [4.78, 5) is 39.3. The van der Waals surface area contributed by atoms with E-state index in [4.69, 9.17) is 4.74 Å². The Morgan fingerprint density at radius 2 is 1.55 bits per heavy atom. The number of amides is 2. The molecule has 0 aliphatic rings. The van der Waals surface area contributed by atoms with Crippen LogP contribution < -0.4 is 15.4 Å². The first-order valence-electron chi connectivity index (χ1n) is 10.5.